The molecule has 0 aliphatic carbocycles. The van der Waals surface area contributed by atoms with E-state index in [1.807, 2.05) is 18.4 Å². The van der Waals surface area contributed by atoms with Crippen molar-refractivity contribution in [3.63, 3.8) is 0 Å². The van der Waals surface area contributed by atoms with Gasteiger partial charge in [-0.15, -0.1) is 0 Å². The normalized spacial score (nSPS) is 12.6. The van der Waals surface area contributed by atoms with E-state index in [2.05, 4.69) is 5.32 Å². The van der Waals surface area contributed by atoms with Crippen molar-refractivity contribution in [2.24, 2.45) is 0 Å². The van der Waals surface area contributed by atoms with Crippen LogP contribution in [0.15, 0.2) is 30.3 Å². The molecule has 0 aliphatic heterocycles. The van der Waals surface area contributed by atoms with E-state index < -0.39 is 24.0 Å². The van der Waals surface area contributed by atoms with Crippen LogP contribution in [0.1, 0.15) is 13.3 Å². The quantitative estimate of drug-likeness (QED) is 0.691. The molecule has 0 aliphatic rings. The van der Waals surface area contributed by atoms with E-state index in [0.717, 1.165) is 0 Å². The first-order valence-corrected chi connectivity index (χ1v) is 8.52. The highest BCUT2D eigenvalue weighted by Crippen LogP contribution is 2.08. The van der Waals surface area contributed by atoms with E-state index in [0.29, 0.717) is 17.9 Å². The number of benzene rings is 1. The number of ether oxygens (including phenoxy) is 2. The van der Waals surface area contributed by atoms with Crippen molar-refractivity contribution in [2.45, 2.75) is 25.5 Å². The van der Waals surface area contributed by atoms with Gasteiger partial charge < -0.3 is 14.8 Å². The number of rotatable bonds is 9. The Morgan fingerprint density at radius 1 is 1.35 bits per heavy atom. The van der Waals surface area contributed by atoms with Gasteiger partial charge >= 0.3 is 5.97 Å². The van der Waals surface area contributed by atoms with E-state index in [1.165, 1.54) is 6.92 Å². The Balaban J connectivity index is 2.52. The average molecular weight is 336 g/mol. The first kappa shape index (κ1) is 18.8. The van der Waals surface area contributed by atoms with Gasteiger partial charge in [-0.25, -0.2) is 4.79 Å². The van der Waals surface area contributed by atoms with Crippen molar-refractivity contribution in [1.82, 2.24) is 5.32 Å². The van der Waals surface area contributed by atoms with Gasteiger partial charge in [-0.2, -0.15) is 17.0 Å². The minimum Gasteiger partial charge on any atom is -0.484 e. The van der Waals surface area contributed by atoms with Crippen molar-refractivity contribution >= 4 is 23.6 Å². The average Bonchev–Trinajstić information content (AvgIpc) is 2.57. The summed E-state index contributed by atoms with van der Waals surface area (Å²) in [7, 11) is 0. The monoisotopic (exact) mass is 336 g/mol. The van der Waals surface area contributed by atoms with Crippen LogP contribution in [-0.2, 0) is 14.3 Å². The van der Waals surface area contributed by atoms with Gasteiger partial charge in [0.2, 0.25) is 0 Å². The van der Waals surface area contributed by atoms with E-state index in [-0.39, 0.29) is 6.61 Å². The second-order valence-corrected chi connectivity index (χ2v) is 5.70. The molecule has 0 saturated carbocycles. The fourth-order valence-electron chi connectivity index (χ4n) is 1.67. The molecule has 7 heteroatoms. The lowest BCUT2D eigenvalue weighted by atomic mass is 10.2. The molecule has 0 saturated heterocycles. The number of nitrogens with zero attached hydrogens (tertiary/aromatic N) is 1. The van der Waals surface area contributed by atoms with Gasteiger partial charge in [0.05, 0.1) is 0 Å². The summed E-state index contributed by atoms with van der Waals surface area (Å²) < 4.78 is 10.3. The van der Waals surface area contributed by atoms with Gasteiger partial charge in [0, 0.05) is 0 Å². The fraction of sp³-hybridized carbons (Fsp3) is 0.438. The number of nitrogens with one attached hydrogen (secondary N) is 1. The first-order valence-electron chi connectivity index (χ1n) is 7.13. The second-order valence-electron chi connectivity index (χ2n) is 4.71. The summed E-state index contributed by atoms with van der Waals surface area (Å²) in [4.78, 5) is 23.9. The zero-order chi connectivity index (χ0) is 17.1. The highest BCUT2D eigenvalue weighted by atomic mass is 32.2. The van der Waals surface area contributed by atoms with Gasteiger partial charge in [0.25, 0.3) is 5.91 Å². The molecule has 6 nitrogen and oxygen atoms in total. The predicted molar refractivity (Wildman–Crippen MR) is 88.0 cm³/mol. The zero-order valence-electron chi connectivity index (χ0n) is 13.2. The largest absolute Gasteiger partial charge is 0.484 e. The third kappa shape index (κ3) is 7.56. The number of hydrogen-bond acceptors (Lipinski definition) is 6. The molecule has 0 spiro atoms. The summed E-state index contributed by atoms with van der Waals surface area (Å²) in [5.74, 6) is 0.229. The maximum absolute atomic E-state index is 12.0. The first-order chi connectivity index (χ1) is 11.1. The summed E-state index contributed by atoms with van der Waals surface area (Å²) in [6, 6.07) is 9.96. The molecule has 0 aromatic heterocycles. The molecule has 0 fully saturated rings. The SMILES string of the molecule is CSCC[C@H](NC(=O)COc1ccccc1)C(=O)O[C@@H](C)C#N. The summed E-state index contributed by atoms with van der Waals surface area (Å²) in [5.41, 5.74) is 0. The molecule has 0 radical (unpaired) electrons. The van der Waals surface area contributed by atoms with Crippen LogP contribution in [0.4, 0.5) is 0 Å². The Bertz CT molecular complexity index is 545. The highest BCUT2D eigenvalue weighted by molar-refractivity contribution is 7.98. The number of carbonyl (C=O) groups excluding carboxylic acids is 2. The molecular weight excluding hydrogens is 316 g/mol. The van der Waals surface area contributed by atoms with Crippen molar-refractivity contribution in [2.75, 3.05) is 18.6 Å². The molecule has 1 aromatic carbocycles. The van der Waals surface area contributed by atoms with Crippen molar-refractivity contribution in [3.05, 3.63) is 30.3 Å². The summed E-state index contributed by atoms with van der Waals surface area (Å²) >= 11 is 1.55. The Labute approximate surface area is 140 Å². The Morgan fingerprint density at radius 3 is 2.65 bits per heavy atom. The van der Waals surface area contributed by atoms with Gasteiger partial charge in [-0.3, -0.25) is 4.79 Å². The maximum Gasteiger partial charge on any atom is 0.329 e. The molecule has 1 amide bonds. The van der Waals surface area contributed by atoms with Crippen LogP contribution in [-0.4, -0.2) is 42.6 Å². The number of thioether (sulfide) groups is 1. The summed E-state index contributed by atoms with van der Waals surface area (Å²) in [6.07, 6.45) is 1.48. The predicted octanol–water partition coefficient (Wildman–Crippen LogP) is 1.76. The number of amides is 1. The molecule has 1 rings (SSSR count). The van der Waals surface area contributed by atoms with Crippen molar-refractivity contribution in [3.8, 4) is 11.8 Å². The number of hydrogen-bond donors (Lipinski definition) is 1. The van der Waals surface area contributed by atoms with Crippen molar-refractivity contribution in [1.29, 1.82) is 5.26 Å². The molecule has 124 valence electrons. The number of carbonyl (C=O) groups is 2. The zero-order valence-corrected chi connectivity index (χ0v) is 14.0. The summed E-state index contributed by atoms with van der Waals surface area (Å²) in [6.45, 7) is 1.28. The topological polar surface area (TPSA) is 88.4 Å². The van der Waals surface area contributed by atoms with Gasteiger partial charge in [-0.1, -0.05) is 18.2 Å². The Hall–Kier alpha value is -2.20. The Morgan fingerprint density at radius 2 is 2.04 bits per heavy atom. The van der Waals surface area contributed by atoms with E-state index in [1.54, 1.807) is 36.0 Å². The molecule has 0 unspecified atom stereocenters. The van der Waals surface area contributed by atoms with Gasteiger partial charge in [0.15, 0.2) is 12.7 Å². The van der Waals surface area contributed by atoms with Crippen LogP contribution in [0.5, 0.6) is 5.75 Å². The molecule has 1 N–H and O–H groups in total. The lowest BCUT2D eigenvalue weighted by Gasteiger charge is -2.18. The maximum atomic E-state index is 12.0. The number of para-hydroxylation sites is 1. The molecular formula is C16H20N2O4S. The smallest absolute Gasteiger partial charge is 0.329 e. The lowest BCUT2D eigenvalue weighted by molar-refractivity contribution is -0.150. The van der Waals surface area contributed by atoms with E-state index >= 15 is 0 Å². The van der Waals surface area contributed by atoms with Crippen LogP contribution in [0.2, 0.25) is 0 Å². The fourth-order valence-corrected chi connectivity index (χ4v) is 2.14. The van der Waals surface area contributed by atoms with Crippen molar-refractivity contribution < 1.29 is 19.1 Å². The van der Waals surface area contributed by atoms with Crippen LogP contribution in [0.25, 0.3) is 0 Å². The minimum absolute atomic E-state index is 0.194. The number of nitriles is 1. The van der Waals surface area contributed by atoms with Crippen LogP contribution in [0, 0.1) is 11.3 Å². The summed E-state index contributed by atoms with van der Waals surface area (Å²) in [5, 5.41) is 11.3. The van der Waals surface area contributed by atoms with Crippen LogP contribution >= 0.6 is 11.8 Å². The minimum atomic E-state index is -0.850. The van der Waals surface area contributed by atoms with E-state index in [9.17, 15) is 9.59 Å². The third-order valence-electron chi connectivity index (χ3n) is 2.82. The van der Waals surface area contributed by atoms with Gasteiger partial charge in [-0.05, 0) is 37.5 Å². The third-order valence-corrected chi connectivity index (χ3v) is 3.46. The molecule has 1 aromatic rings. The lowest BCUT2D eigenvalue weighted by Crippen LogP contribution is -2.44. The highest BCUT2D eigenvalue weighted by Gasteiger charge is 2.23. The molecule has 0 heterocycles. The second kappa shape index (κ2) is 10.5. The molecule has 23 heavy (non-hydrogen) atoms. The Kier molecular flexibility index (Phi) is 8.62. The van der Waals surface area contributed by atoms with Crippen LogP contribution in [0.3, 0.4) is 0 Å². The van der Waals surface area contributed by atoms with Crippen LogP contribution < -0.4 is 10.1 Å². The van der Waals surface area contributed by atoms with E-state index in [4.69, 9.17) is 14.7 Å². The molecule has 2 atom stereocenters. The number of esters is 1. The standard InChI is InChI=1S/C16H20N2O4S/c1-12(10-17)22-16(20)14(8-9-23-2)18-15(19)11-21-13-6-4-3-5-7-13/h3-7,12,14H,8-9,11H2,1-2H3,(H,18,19)/t12-,14-/m0/s1. The van der Waals surface area contributed by atoms with Gasteiger partial charge in [0.1, 0.15) is 17.9 Å². The molecule has 0 bridgehead atoms.